The standard InChI is InChI=1S/C12H16N2OS/c13-11(16)14-8-6-12(15,7-9-14)10-4-2-1-3-5-10/h1-5,15H,6-9H2,(H2,13,16). The average molecular weight is 236 g/mol. The molecule has 1 fully saturated rings. The maximum atomic E-state index is 10.5. The lowest BCUT2D eigenvalue weighted by Crippen LogP contribution is -2.47. The van der Waals surface area contributed by atoms with Gasteiger partial charge in [-0.3, -0.25) is 0 Å². The second kappa shape index (κ2) is 4.39. The van der Waals surface area contributed by atoms with E-state index in [0.29, 0.717) is 18.0 Å². The number of thiocarbonyl (C=S) groups is 1. The van der Waals surface area contributed by atoms with Gasteiger partial charge in [-0.25, -0.2) is 0 Å². The summed E-state index contributed by atoms with van der Waals surface area (Å²) < 4.78 is 0. The molecule has 0 aromatic heterocycles. The molecule has 86 valence electrons. The molecule has 0 spiro atoms. The quantitative estimate of drug-likeness (QED) is 0.720. The molecule has 1 aliphatic heterocycles. The Morgan fingerprint density at radius 1 is 1.25 bits per heavy atom. The van der Waals surface area contributed by atoms with Crippen LogP contribution >= 0.6 is 12.2 Å². The number of likely N-dealkylation sites (tertiary alicyclic amines) is 1. The molecule has 16 heavy (non-hydrogen) atoms. The van der Waals surface area contributed by atoms with Crippen molar-refractivity contribution in [3.8, 4) is 0 Å². The average Bonchev–Trinajstić information content (AvgIpc) is 2.31. The van der Waals surface area contributed by atoms with Crippen LogP contribution in [0.2, 0.25) is 0 Å². The predicted octanol–water partition coefficient (Wildman–Crippen LogP) is 1.21. The van der Waals surface area contributed by atoms with Crippen LogP contribution < -0.4 is 5.73 Å². The molecule has 0 amide bonds. The Hall–Kier alpha value is -1.13. The zero-order valence-electron chi connectivity index (χ0n) is 9.10. The summed E-state index contributed by atoms with van der Waals surface area (Å²) in [7, 11) is 0. The number of piperidine rings is 1. The number of nitrogens with zero attached hydrogens (tertiary/aromatic N) is 1. The maximum absolute atomic E-state index is 10.5. The van der Waals surface area contributed by atoms with Crippen LogP contribution in [-0.4, -0.2) is 28.2 Å². The third-order valence-corrected chi connectivity index (χ3v) is 3.47. The van der Waals surface area contributed by atoms with E-state index in [1.54, 1.807) is 0 Å². The fraction of sp³-hybridized carbons (Fsp3) is 0.417. The first-order valence-corrected chi connectivity index (χ1v) is 5.85. The number of benzene rings is 1. The number of hydrogen-bond donors (Lipinski definition) is 2. The molecular weight excluding hydrogens is 220 g/mol. The largest absolute Gasteiger partial charge is 0.385 e. The molecule has 3 nitrogen and oxygen atoms in total. The van der Waals surface area contributed by atoms with Gasteiger partial charge in [0.2, 0.25) is 0 Å². The lowest BCUT2D eigenvalue weighted by Gasteiger charge is -2.38. The van der Waals surface area contributed by atoms with Crippen LogP contribution in [0, 0.1) is 0 Å². The molecule has 0 atom stereocenters. The van der Waals surface area contributed by atoms with Crippen LogP contribution in [0.4, 0.5) is 0 Å². The van der Waals surface area contributed by atoms with Crippen LogP contribution in [0.1, 0.15) is 18.4 Å². The molecule has 2 rings (SSSR count). The molecule has 0 saturated carbocycles. The Labute approximate surface area is 101 Å². The molecule has 0 bridgehead atoms. The zero-order chi connectivity index (χ0) is 11.6. The molecule has 1 aromatic rings. The van der Waals surface area contributed by atoms with Gasteiger partial charge < -0.3 is 15.7 Å². The van der Waals surface area contributed by atoms with Crippen molar-refractivity contribution in [1.82, 2.24) is 4.90 Å². The third kappa shape index (κ3) is 2.18. The fourth-order valence-corrected chi connectivity index (χ4v) is 2.32. The lowest BCUT2D eigenvalue weighted by atomic mass is 9.84. The van der Waals surface area contributed by atoms with Gasteiger partial charge in [-0.2, -0.15) is 0 Å². The van der Waals surface area contributed by atoms with E-state index in [1.165, 1.54) is 0 Å². The minimum Gasteiger partial charge on any atom is -0.385 e. The molecule has 1 saturated heterocycles. The Morgan fingerprint density at radius 2 is 1.81 bits per heavy atom. The second-order valence-corrected chi connectivity index (χ2v) is 4.64. The van der Waals surface area contributed by atoms with E-state index in [4.69, 9.17) is 18.0 Å². The molecule has 0 unspecified atom stereocenters. The van der Waals surface area contributed by atoms with Gasteiger partial charge in [0, 0.05) is 13.1 Å². The summed E-state index contributed by atoms with van der Waals surface area (Å²) in [6.45, 7) is 1.45. The highest BCUT2D eigenvalue weighted by atomic mass is 32.1. The van der Waals surface area contributed by atoms with Crippen molar-refractivity contribution < 1.29 is 5.11 Å². The van der Waals surface area contributed by atoms with Crippen molar-refractivity contribution in [3.05, 3.63) is 35.9 Å². The Kier molecular flexibility index (Phi) is 3.12. The number of aliphatic hydroxyl groups is 1. The lowest BCUT2D eigenvalue weighted by molar-refractivity contribution is -0.0119. The van der Waals surface area contributed by atoms with Gasteiger partial charge in [0.25, 0.3) is 0 Å². The van der Waals surface area contributed by atoms with E-state index in [9.17, 15) is 5.11 Å². The van der Waals surface area contributed by atoms with Gasteiger partial charge in [-0.1, -0.05) is 30.3 Å². The minimum absolute atomic E-state index is 0.426. The summed E-state index contributed by atoms with van der Waals surface area (Å²) in [6, 6.07) is 9.80. The summed E-state index contributed by atoms with van der Waals surface area (Å²) in [4.78, 5) is 1.94. The van der Waals surface area contributed by atoms with Crippen molar-refractivity contribution in [3.63, 3.8) is 0 Å². The molecule has 0 aliphatic carbocycles. The third-order valence-electron chi connectivity index (χ3n) is 3.21. The van der Waals surface area contributed by atoms with Crippen molar-refractivity contribution in [1.29, 1.82) is 0 Å². The normalized spacial score (nSPS) is 19.4. The summed E-state index contributed by atoms with van der Waals surface area (Å²) in [5.74, 6) is 0. The first-order valence-electron chi connectivity index (χ1n) is 5.44. The first-order chi connectivity index (χ1) is 7.62. The summed E-state index contributed by atoms with van der Waals surface area (Å²) >= 11 is 4.93. The highest BCUT2D eigenvalue weighted by Crippen LogP contribution is 2.32. The van der Waals surface area contributed by atoms with Crippen LogP contribution in [0.5, 0.6) is 0 Å². The van der Waals surface area contributed by atoms with Gasteiger partial charge in [0.05, 0.1) is 5.60 Å². The van der Waals surface area contributed by atoms with E-state index in [2.05, 4.69) is 0 Å². The van der Waals surface area contributed by atoms with Crippen molar-refractivity contribution in [2.45, 2.75) is 18.4 Å². The van der Waals surface area contributed by atoms with Crippen molar-refractivity contribution in [2.24, 2.45) is 5.73 Å². The van der Waals surface area contributed by atoms with Crippen LogP contribution in [0.25, 0.3) is 0 Å². The topological polar surface area (TPSA) is 49.5 Å². The van der Waals surface area contributed by atoms with E-state index < -0.39 is 5.60 Å². The van der Waals surface area contributed by atoms with Gasteiger partial charge in [0.15, 0.2) is 5.11 Å². The van der Waals surface area contributed by atoms with E-state index in [-0.39, 0.29) is 0 Å². The van der Waals surface area contributed by atoms with Gasteiger partial charge >= 0.3 is 0 Å². The second-order valence-electron chi connectivity index (χ2n) is 4.22. The molecule has 0 radical (unpaired) electrons. The van der Waals surface area contributed by atoms with E-state index >= 15 is 0 Å². The number of rotatable bonds is 1. The fourth-order valence-electron chi connectivity index (χ4n) is 2.13. The number of nitrogens with two attached hydrogens (primary N) is 1. The van der Waals surface area contributed by atoms with Crippen LogP contribution in [0.3, 0.4) is 0 Å². The van der Waals surface area contributed by atoms with E-state index in [0.717, 1.165) is 18.7 Å². The molecule has 3 N–H and O–H groups in total. The smallest absolute Gasteiger partial charge is 0.166 e. The van der Waals surface area contributed by atoms with Crippen LogP contribution in [0.15, 0.2) is 30.3 Å². The highest BCUT2D eigenvalue weighted by molar-refractivity contribution is 7.80. The first kappa shape index (κ1) is 11.4. The van der Waals surface area contributed by atoms with Crippen molar-refractivity contribution >= 4 is 17.3 Å². The molecule has 1 aliphatic rings. The van der Waals surface area contributed by atoms with Gasteiger partial charge in [-0.15, -0.1) is 0 Å². The highest BCUT2D eigenvalue weighted by Gasteiger charge is 2.33. The van der Waals surface area contributed by atoms with Gasteiger partial charge in [0.1, 0.15) is 0 Å². The Balaban J connectivity index is 2.10. The summed E-state index contributed by atoms with van der Waals surface area (Å²) in [6.07, 6.45) is 1.35. The van der Waals surface area contributed by atoms with Gasteiger partial charge in [-0.05, 0) is 30.6 Å². The SMILES string of the molecule is NC(=S)N1CCC(O)(c2ccccc2)CC1. The van der Waals surface area contributed by atoms with Crippen molar-refractivity contribution in [2.75, 3.05) is 13.1 Å². The van der Waals surface area contributed by atoms with E-state index in [1.807, 2.05) is 35.2 Å². The monoisotopic (exact) mass is 236 g/mol. The molecule has 4 heteroatoms. The Morgan fingerprint density at radius 3 is 2.31 bits per heavy atom. The molecule has 1 heterocycles. The Bertz CT molecular complexity index is 372. The number of hydrogen-bond acceptors (Lipinski definition) is 2. The molecular formula is C12H16N2OS. The zero-order valence-corrected chi connectivity index (χ0v) is 9.91. The van der Waals surface area contributed by atoms with Crippen LogP contribution in [-0.2, 0) is 5.60 Å². The predicted molar refractivity (Wildman–Crippen MR) is 67.9 cm³/mol. The molecule has 1 aromatic carbocycles. The maximum Gasteiger partial charge on any atom is 0.166 e. The summed E-state index contributed by atoms with van der Waals surface area (Å²) in [5, 5.41) is 11.0. The minimum atomic E-state index is -0.720. The summed E-state index contributed by atoms with van der Waals surface area (Å²) in [5.41, 5.74) is 5.83.